The number of nitriles is 1. The molecular formula is C8H7F2N3O. The van der Waals surface area contributed by atoms with Crippen LogP contribution in [0.2, 0.25) is 0 Å². The van der Waals surface area contributed by atoms with Gasteiger partial charge in [-0.05, 0) is 12.1 Å². The Morgan fingerprint density at radius 3 is 2.50 bits per heavy atom. The molecule has 1 aromatic rings. The Morgan fingerprint density at radius 1 is 1.36 bits per heavy atom. The number of nitrogen functional groups attached to an aromatic ring is 2. The highest BCUT2D eigenvalue weighted by Gasteiger charge is 2.13. The van der Waals surface area contributed by atoms with E-state index in [1.807, 2.05) is 0 Å². The number of nitrogens with two attached hydrogens (primary N) is 2. The standard InChI is InChI=1S/C8H7F2N3O/c9-8(10)14-6-2-1-5(12)7(13)4(6)3-11/h1-2,8H,12-13H2. The minimum Gasteiger partial charge on any atom is -0.433 e. The Balaban J connectivity index is 3.19. The zero-order chi connectivity index (χ0) is 10.7. The van der Waals surface area contributed by atoms with Gasteiger partial charge in [0, 0.05) is 0 Å². The van der Waals surface area contributed by atoms with Crippen LogP contribution in [0, 0.1) is 11.3 Å². The number of rotatable bonds is 2. The molecule has 0 aliphatic rings. The smallest absolute Gasteiger partial charge is 0.387 e. The van der Waals surface area contributed by atoms with Crippen molar-refractivity contribution in [1.82, 2.24) is 0 Å². The van der Waals surface area contributed by atoms with Gasteiger partial charge in [-0.3, -0.25) is 0 Å². The van der Waals surface area contributed by atoms with Gasteiger partial charge in [0.05, 0.1) is 11.4 Å². The Labute approximate surface area is 78.7 Å². The van der Waals surface area contributed by atoms with Crippen LogP contribution in [0.25, 0.3) is 0 Å². The summed E-state index contributed by atoms with van der Waals surface area (Å²) in [7, 11) is 0. The first-order valence-electron chi connectivity index (χ1n) is 3.59. The first kappa shape index (κ1) is 10.1. The maximum Gasteiger partial charge on any atom is 0.387 e. The van der Waals surface area contributed by atoms with E-state index in [9.17, 15) is 8.78 Å². The Morgan fingerprint density at radius 2 is 2.00 bits per heavy atom. The predicted octanol–water partition coefficient (Wildman–Crippen LogP) is 1.32. The highest BCUT2D eigenvalue weighted by Crippen LogP contribution is 2.29. The maximum absolute atomic E-state index is 11.9. The van der Waals surface area contributed by atoms with Gasteiger partial charge in [0.15, 0.2) is 0 Å². The minimum absolute atomic E-state index is 0.0503. The molecule has 0 spiro atoms. The van der Waals surface area contributed by atoms with Crippen molar-refractivity contribution >= 4 is 11.4 Å². The van der Waals surface area contributed by atoms with Gasteiger partial charge < -0.3 is 16.2 Å². The van der Waals surface area contributed by atoms with Crippen molar-refractivity contribution in [1.29, 1.82) is 5.26 Å². The van der Waals surface area contributed by atoms with Crippen LogP contribution in [0.3, 0.4) is 0 Å². The summed E-state index contributed by atoms with van der Waals surface area (Å²) in [6, 6.07) is 4.12. The number of anilines is 2. The van der Waals surface area contributed by atoms with Gasteiger partial charge in [-0.2, -0.15) is 14.0 Å². The molecule has 0 amide bonds. The van der Waals surface area contributed by atoms with Gasteiger partial charge in [0.1, 0.15) is 17.4 Å². The van der Waals surface area contributed by atoms with E-state index in [0.29, 0.717) is 0 Å². The molecule has 0 atom stereocenters. The monoisotopic (exact) mass is 199 g/mol. The van der Waals surface area contributed by atoms with Gasteiger partial charge in [-0.1, -0.05) is 0 Å². The maximum atomic E-state index is 11.9. The van der Waals surface area contributed by atoms with Crippen LogP contribution in [0.5, 0.6) is 5.75 Å². The van der Waals surface area contributed by atoms with Gasteiger partial charge in [-0.15, -0.1) is 0 Å². The summed E-state index contributed by atoms with van der Waals surface area (Å²) in [5.74, 6) is -0.269. The van der Waals surface area contributed by atoms with Crippen molar-refractivity contribution in [3.8, 4) is 11.8 Å². The molecule has 4 nitrogen and oxygen atoms in total. The number of benzene rings is 1. The first-order chi connectivity index (χ1) is 6.56. The van der Waals surface area contributed by atoms with E-state index in [0.717, 1.165) is 0 Å². The fourth-order valence-electron chi connectivity index (χ4n) is 0.925. The molecule has 1 aromatic carbocycles. The quantitative estimate of drug-likeness (QED) is 0.703. The molecule has 0 unspecified atom stereocenters. The average molecular weight is 199 g/mol. The molecule has 0 heterocycles. The van der Waals surface area contributed by atoms with Crippen molar-refractivity contribution in [2.75, 3.05) is 11.5 Å². The van der Waals surface area contributed by atoms with Gasteiger partial charge >= 0.3 is 6.61 Å². The van der Waals surface area contributed by atoms with Crippen LogP contribution >= 0.6 is 0 Å². The third-order valence-corrected chi connectivity index (χ3v) is 1.57. The fraction of sp³-hybridized carbons (Fsp3) is 0.125. The van der Waals surface area contributed by atoms with Crippen molar-refractivity contribution in [3.05, 3.63) is 17.7 Å². The molecule has 0 radical (unpaired) electrons. The van der Waals surface area contributed by atoms with E-state index in [4.69, 9.17) is 16.7 Å². The summed E-state index contributed by atoms with van der Waals surface area (Å²) >= 11 is 0. The van der Waals surface area contributed by atoms with Crippen LogP contribution in [0.4, 0.5) is 20.2 Å². The van der Waals surface area contributed by atoms with Crippen LogP contribution < -0.4 is 16.2 Å². The minimum atomic E-state index is -3.00. The van der Waals surface area contributed by atoms with E-state index in [-0.39, 0.29) is 22.7 Å². The second-order valence-electron chi connectivity index (χ2n) is 2.43. The van der Waals surface area contributed by atoms with E-state index < -0.39 is 6.61 Å². The van der Waals surface area contributed by atoms with E-state index in [2.05, 4.69) is 4.74 Å². The number of hydrogen-bond acceptors (Lipinski definition) is 4. The lowest BCUT2D eigenvalue weighted by atomic mass is 10.1. The molecule has 6 heteroatoms. The molecule has 14 heavy (non-hydrogen) atoms. The van der Waals surface area contributed by atoms with Crippen molar-refractivity contribution in [2.24, 2.45) is 0 Å². The van der Waals surface area contributed by atoms with Crippen LogP contribution in [-0.2, 0) is 0 Å². The lowest BCUT2D eigenvalue weighted by Gasteiger charge is -2.09. The second-order valence-corrected chi connectivity index (χ2v) is 2.43. The van der Waals surface area contributed by atoms with Crippen LogP contribution in [-0.4, -0.2) is 6.61 Å². The highest BCUT2D eigenvalue weighted by atomic mass is 19.3. The predicted molar refractivity (Wildman–Crippen MR) is 46.6 cm³/mol. The molecule has 4 N–H and O–H groups in total. The molecule has 0 aliphatic carbocycles. The fourth-order valence-corrected chi connectivity index (χ4v) is 0.925. The lowest BCUT2D eigenvalue weighted by molar-refractivity contribution is -0.0499. The molecule has 0 saturated carbocycles. The molecule has 0 fully saturated rings. The third kappa shape index (κ3) is 1.82. The molecule has 0 saturated heterocycles. The summed E-state index contributed by atoms with van der Waals surface area (Å²) in [4.78, 5) is 0. The average Bonchev–Trinajstić information content (AvgIpc) is 2.11. The second kappa shape index (κ2) is 3.79. The number of ether oxygens (including phenoxy) is 1. The van der Waals surface area contributed by atoms with Crippen LogP contribution in [0.1, 0.15) is 5.56 Å². The molecule has 0 aromatic heterocycles. The van der Waals surface area contributed by atoms with E-state index >= 15 is 0 Å². The summed E-state index contributed by atoms with van der Waals surface area (Å²) in [6.07, 6.45) is 0. The zero-order valence-electron chi connectivity index (χ0n) is 7.00. The number of hydrogen-bond donors (Lipinski definition) is 2. The SMILES string of the molecule is N#Cc1c(OC(F)F)ccc(N)c1N. The topological polar surface area (TPSA) is 85.1 Å². The van der Waals surface area contributed by atoms with Crippen molar-refractivity contribution in [3.63, 3.8) is 0 Å². The largest absolute Gasteiger partial charge is 0.433 e. The van der Waals surface area contributed by atoms with E-state index in [1.54, 1.807) is 6.07 Å². The summed E-state index contributed by atoms with van der Waals surface area (Å²) in [5.41, 5.74) is 10.7. The molecule has 0 aliphatic heterocycles. The van der Waals surface area contributed by atoms with E-state index in [1.165, 1.54) is 12.1 Å². The van der Waals surface area contributed by atoms with Gasteiger partial charge in [0.25, 0.3) is 0 Å². The third-order valence-electron chi connectivity index (χ3n) is 1.57. The number of alkyl halides is 2. The van der Waals surface area contributed by atoms with Gasteiger partial charge in [0.2, 0.25) is 0 Å². The number of halogens is 2. The van der Waals surface area contributed by atoms with Gasteiger partial charge in [-0.25, -0.2) is 0 Å². The first-order valence-corrected chi connectivity index (χ1v) is 3.59. The Bertz CT molecular complexity index is 387. The summed E-state index contributed by atoms with van der Waals surface area (Å²) in [6.45, 7) is -3.00. The number of nitrogens with zero attached hydrogens (tertiary/aromatic N) is 1. The molecule has 74 valence electrons. The molecule has 0 bridgehead atoms. The highest BCUT2D eigenvalue weighted by molar-refractivity contribution is 5.74. The normalized spacial score (nSPS) is 9.86. The molecule has 1 rings (SSSR count). The van der Waals surface area contributed by atoms with Crippen molar-refractivity contribution < 1.29 is 13.5 Å². The Kier molecular flexibility index (Phi) is 2.72. The Hall–Kier alpha value is -2.03. The van der Waals surface area contributed by atoms with Crippen molar-refractivity contribution in [2.45, 2.75) is 6.61 Å². The summed E-state index contributed by atoms with van der Waals surface area (Å²) < 4.78 is 27.8. The zero-order valence-corrected chi connectivity index (χ0v) is 7.00. The summed E-state index contributed by atoms with van der Waals surface area (Å²) in [5, 5.41) is 8.63. The lowest BCUT2D eigenvalue weighted by Crippen LogP contribution is -2.06. The van der Waals surface area contributed by atoms with Crippen LogP contribution in [0.15, 0.2) is 12.1 Å². The molecular weight excluding hydrogens is 192 g/mol.